The van der Waals surface area contributed by atoms with E-state index in [0.29, 0.717) is 69.2 Å². The topological polar surface area (TPSA) is 113 Å². The van der Waals surface area contributed by atoms with Crippen molar-refractivity contribution >= 4 is 17.8 Å². The van der Waals surface area contributed by atoms with Crippen molar-refractivity contribution in [1.29, 1.82) is 0 Å². The summed E-state index contributed by atoms with van der Waals surface area (Å²) in [6, 6.07) is 3.27. The first kappa shape index (κ1) is 22.0. The van der Waals surface area contributed by atoms with E-state index in [4.69, 9.17) is 8.94 Å². The van der Waals surface area contributed by atoms with Crippen molar-refractivity contribution in [2.24, 2.45) is 5.92 Å². The van der Waals surface area contributed by atoms with Crippen molar-refractivity contribution in [1.82, 2.24) is 24.8 Å². The van der Waals surface area contributed by atoms with E-state index in [1.54, 1.807) is 35.2 Å². The second-order valence-electron chi connectivity index (χ2n) is 8.91. The van der Waals surface area contributed by atoms with Crippen LogP contribution in [0.4, 0.5) is 4.79 Å². The maximum Gasteiger partial charge on any atom is 0.327 e. The number of likely N-dealkylation sites (tertiary alicyclic amines) is 1. The Kier molecular flexibility index (Phi) is 6.03. The normalized spacial score (nSPS) is 18.4. The van der Waals surface area contributed by atoms with Crippen LogP contribution in [0.25, 0.3) is 11.6 Å². The third-order valence-electron chi connectivity index (χ3n) is 6.22. The van der Waals surface area contributed by atoms with E-state index >= 15 is 0 Å². The molecule has 4 amide bonds. The predicted octanol–water partition coefficient (Wildman–Crippen LogP) is 2.56. The molecule has 0 N–H and O–H groups in total. The predicted molar refractivity (Wildman–Crippen MR) is 113 cm³/mol. The summed E-state index contributed by atoms with van der Waals surface area (Å²) >= 11 is 0. The van der Waals surface area contributed by atoms with Crippen LogP contribution in [0.15, 0.2) is 27.3 Å². The number of piperidine rings is 1. The second kappa shape index (κ2) is 8.76. The van der Waals surface area contributed by atoms with Crippen LogP contribution in [0.5, 0.6) is 0 Å². The van der Waals surface area contributed by atoms with Crippen molar-refractivity contribution < 1.29 is 23.3 Å². The number of carbonyl (C=O) groups excluding carboxylic acids is 3. The second-order valence-corrected chi connectivity index (χ2v) is 8.91. The molecule has 172 valence electrons. The first-order valence-corrected chi connectivity index (χ1v) is 11.1. The lowest BCUT2D eigenvalue weighted by Crippen LogP contribution is -2.58. The average molecular weight is 444 g/mol. The molecule has 0 aromatic carbocycles. The van der Waals surface area contributed by atoms with Gasteiger partial charge in [0.15, 0.2) is 5.76 Å². The minimum absolute atomic E-state index is 0.0335. The highest BCUT2D eigenvalue weighted by molar-refractivity contribution is 6.07. The van der Waals surface area contributed by atoms with Gasteiger partial charge < -0.3 is 18.7 Å². The highest BCUT2D eigenvalue weighted by Crippen LogP contribution is 2.37. The Morgan fingerprint density at radius 3 is 2.66 bits per heavy atom. The Balaban J connectivity index is 1.30. The number of amides is 4. The smallest absolute Gasteiger partial charge is 0.327 e. The molecule has 4 heterocycles. The monoisotopic (exact) mass is 443 g/mol. The summed E-state index contributed by atoms with van der Waals surface area (Å²) in [5, 5.41) is 3.89. The van der Waals surface area contributed by atoms with Gasteiger partial charge in [-0.25, -0.2) is 4.79 Å². The minimum Gasteiger partial charge on any atom is -0.461 e. The number of carbonyl (C=O) groups is 3. The van der Waals surface area contributed by atoms with Crippen molar-refractivity contribution in [2.45, 2.75) is 51.5 Å². The van der Waals surface area contributed by atoms with E-state index in [9.17, 15) is 14.4 Å². The van der Waals surface area contributed by atoms with Gasteiger partial charge in [0.2, 0.25) is 17.6 Å². The average Bonchev–Trinajstić information content (AvgIpc) is 3.50. The zero-order chi connectivity index (χ0) is 22.9. The Labute approximate surface area is 186 Å². The molecule has 2 aliphatic rings. The molecule has 2 aromatic rings. The van der Waals surface area contributed by atoms with Crippen LogP contribution in [0, 0.1) is 5.92 Å². The largest absolute Gasteiger partial charge is 0.461 e. The number of likely N-dealkylation sites (N-methyl/N-ethyl adjacent to an activating group) is 1. The van der Waals surface area contributed by atoms with Crippen LogP contribution >= 0.6 is 0 Å². The molecule has 0 unspecified atom stereocenters. The quantitative estimate of drug-likeness (QED) is 0.604. The number of rotatable bonds is 7. The molecule has 2 fully saturated rings. The molecule has 0 bridgehead atoms. The van der Waals surface area contributed by atoms with Crippen molar-refractivity contribution in [3.05, 3.63) is 24.3 Å². The lowest BCUT2D eigenvalue weighted by molar-refractivity contribution is -0.140. The third-order valence-corrected chi connectivity index (χ3v) is 6.22. The molecular formula is C22H29N5O5. The number of furan rings is 1. The lowest BCUT2D eigenvalue weighted by Gasteiger charge is -2.42. The Morgan fingerprint density at radius 1 is 1.25 bits per heavy atom. The molecule has 0 saturated carbocycles. The van der Waals surface area contributed by atoms with E-state index in [1.165, 1.54) is 4.90 Å². The lowest BCUT2D eigenvalue weighted by atomic mass is 9.85. The van der Waals surface area contributed by atoms with Crippen LogP contribution in [-0.2, 0) is 16.0 Å². The number of hydrogen-bond acceptors (Lipinski definition) is 7. The van der Waals surface area contributed by atoms with Gasteiger partial charge in [-0.05, 0) is 37.3 Å². The fraction of sp³-hybridized carbons (Fsp3) is 0.591. The number of aromatic nitrogens is 2. The third kappa shape index (κ3) is 4.01. The van der Waals surface area contributed by atoms with Gasteiger partial charge in [0.1, 0.15) is 5.54 Å². The number of imide groups is 1. The molecule has 2 aromatic heterocycles. The van der Waals surface area contributed by atoms with Crippen molar-refractivity contribution in [2.75, 3.05) is 26.7 Å². The molecule has 1 spiro atoms. The maximum absolute atomic E-state index is 12.9. The van der Waals surface area contributed by atoms with Gasteiger partial charge in [-0.1, -0.05) is 19.0 Å². The molecule has 10 heteroatoms. The zero-order valence-electron chi connectivity index (χ0n) is 18.7. The summed E-state index contributed by atoms with van der Waals surface area (Å²) in [6.07, 6.45) is 3.92. The molecule has 2 saturated heterocycles. The first-order chi connectivity index (χ1) is 15.3. The van der Waals surface area contributed by atoms with Gasteiger partial charge in [-0.15, -0.1) is 0 Å². The van der Waals surface area contributed by atoms with Gasteiger partial charge in [0.25, 0.3) is 5.91 Å². The number of aryl methyl sites for hydroxylation is 1. The van der Waals surface area contributed by atoms with E-state index in [1.807, 2.05) is 13.8 Å². The molecule has 2 aliphatic heterocycles. The fourth-order valence-electron chi connectivity index (χ4n) is 4.52. The Hall–Kier alpha value is -3.17. The summed E-state index contributed by atoms with van der Waals surface area (Å²) in [5.74, 6) is 1.53. The van der Waals surface area contributed by atoms with Gasteiger partial charge in [-0.2, -0.15) is 4.98 Å². The summed E-state index contributed by atoms with van der Waals surface area (Å²) in [5.41, 5.74) is -0.821. The van der Waals surface area contributed by atoms with Crippen LogP contribution in [0.1, 0.15) is 45.4 Å². The summed E-state index contributed by atoms with van der Waals surface area (Å²) in [6.45, 7) is 5.52. The molecule has 10 nitrogen and oxygen atoms in total. The summed E-state index contributed by atoms with van der Waals surface area (Å²) in [7, 11) is 1.54. The van der Waals surface area contributed by atoms with Gasteiger partial charge in [0.05, 0.1) is 6.26 Å². The van der Waals surface area contributed by atoms with Crippen LogP contribution in [0.2, 0.25) is 0 Å². The van der Waals surface area contributed by atoms with E-state index in [-0.39, 0.29) is 23.8 Å². The number of urea groups is 1. The van der Waals surface area contributed by atoms with Crippen molar-refractivity contribution in [3.8, 4) is 11.6 Å². The highest BCUT2D eigenvalue weighted by Gasteiger charge is 2.57. The van der Waals surface area contributed by atoms with E-state index in [0.717, 1.165) is 0 Å². The van der Waals surface area contributed by atoms with E-state index < -0.39 is 5.54 Å². The Bertz CT molecular complexity index is 975. The van der Waals surface area contributed by atoms with Crippen LogP contribution in [-0.4, -0.2) is 74.9 Å². The Morgan fingerprint density at radius 2 is 2.00 bits per heavy atom. The molecule has 0 atom stereocenters. The van der Waals surface area contributed by atoms with Gasteiger partial charge in [0, 0.05) is 39.5 Å². The minimum atomic E-state index is -0.821. The molecule has 0 radical (unpaired) electrons. The number of nitrogens with zero attached hydrogens (tertiary/aromatic N) is 5. The molecule has 4 rings (SSSR count). The zero-order valence-corrected chi connectivity index (χ0v) is 18.7. The van der Waals surface area contributed by atoms with Crippen LogP contribution < -0.4 is 0 Å². The molecule has 0 aliphatic carbocycles. The van der Waals surface area contributed by atoms with Crippen LogP contribution in [0.3, 0.4) is 0 Å². The maximum atomic E-state index is 12.9. The molecule has 32 heavy (non-hydrogen) atoms. The highest BCUT2D eigenvalue weighted by atomic mass is 16.5. The van der Waals surface area contributed by atoms with Gasteiger partial charge in [-0.3, -0.25) is 14.5 Å². The summed E-state index contributed by atoms with van der Waals surface area (Å²) in [4.78, 5) is 47.3. The van der Waals surface area contributed by atoms with Crippen molar-refractivity contribution in [3.63, 3.8) is 0 Å². The summed E-state index contributed by atoms with van der Waals surface area (Å²) < 4.78 is 10.5. The first-order valence-electron chi connectivity index (χ1n) is 11.1. The fourth-order valence-corrected chi connectivity index (χ4v) is 4.52. The standard InChI is InChI=1S/C22H29N5O5/c1-15(2)14-27-21(30)25(3)20(29)22(27)9-11-26(12-10-22)18(28)8-4-7-17-23-19(24-32-17)16-6-5-13-31-16/h5-6,13,15H,4,7-12,14H2,1-3H3. The number of hydrogen-bond donors (Lipinski definition) is 0. The SMILES string of the molecule is CC(C)CN1C(=O)N(C)C(=O)C12CCN(C(=O)CCCc1nc(-c3ccco3)no1)CC2. The van der Waals surface area contributed by atoms with E-state index in [2.05, 4.69) is 10.1 Å². The van der Waals surface area contributed by atoms with Gasteiger partial charge >= 0.3 is 6.03 Å². The molecular weight excluding hydrogens is 414 g/mol.